The van der Waals surface area contributed by atoms with Crippen molar-refractivity contribution in [3.8, 4) is 0 Å². The zero-order valence-corrected chi connectivity index (χ0v) is 13.2. The summed E-state index contributed by atoms with van der Waals surface area (Å²) in [5, 5.41) is 9.89. The molecule has 0 aliphatic carbocycles. The van der Waals surface area contributed by atoms with Crippen LogP contribution in [0.5, 0.6) is 0 Å². The number of anilines is 1. The molecule has 3 aromatic rings. The monoisotopic (exact) mass is 321 g/mol. The minimum absolute atomic E-state index is 0.260. The van der Waals surface area contributed by atoms with E-state index in [4.69, 9.17) is 0 Å². The molecule has 0 saturated carbocycles. The number of rotatable bonds is 6. The van der Waals surface area contributed by atoms with Crippen LogP contribution < -0.4 is 10.6 Å². The van der Waals surface area contributed by atoms with E-state index in [0.29, 0.717) is 18.9 Å². The number of nitrogens with one attached hydrogen (secondary N) is 2. The molecule has 6 heteroatoms. The van der Waals surface area contributed by atoms with Gasteiger partial charge in [-0.1, -0.05) is 36.4 Å². The molecule has 2 aromatic heterocycles. The van der Waals surface area contributed by atoms with Crippen LogP contribution in [0, 0.1) is 0 Å². The fraction of sp³-hybridized carbons (Fsp3) is 0.167. The van der Waals surface area contributed by atoms with Crippen LogP contribution >= 0.6 is 0 Å². The Bertz CT molecular complexity index is 770. The summed E-state index contributed by atoms with van der Waals surface area (Å²) in [6.45, 7) is 1.22. The van der Waals surface area contributed by atoms with E-state index in [2.05, 4.69) is 20.7 Å². The number of benzene rings is 1. The number of carbonyl (C=O) groups excluding carboxylic acids is 1. The van der Waals surface area contributed by atoms with Gasteiger partial charge in [-0.15, -0.1) is 0 Å². The highest BCUT2D eigenvalue weighted by Gasteiger charge is 2.05. The molecule has 0 aliphatic heterocycles. The summed E-state index contributed by atoms with van der Waals surface area (Å²) in [7, 11) is 0. The zero-order chi connectivity index (χ0) is 16.6. The number of pyridine rings is 1. The zero-order valence-electron chi connectivity index (χ0n) is 13.2. The van der Waals surface area contributed by atoms with Gasteiger partial charge in [0, 0.05) is 31.2 Å². The fourth-order valence-electron chi connectivity index (χ4n) is 2.31. The van der Waals surface area contributed by atoms with E-state index in [9.17, 15) is 4.79 Å². The maximum absolute atomic E-state index is 11.9. The van der Waals surface area contributed by atoms with Crippen molar-refractivity contribution in [1.82, 2.24) is 20.1 Å². The van der Waals surface area contributed by atoms with Crippen LogP contribution in [0.2, 0.25) is 0 Å². The van der Waals surface area contributed by atoms with Crippen LogP contribution in [0.1, 0.15) is 11.1 Å². The van der Waals surface area contributed by atoms with E-state index < -0.39 is 0 Å². The summed E-state index contributed by atoms with van der Waals surface area (Å²) in [5.41, 5.74) is 2.25. The third kappa shape index (κ3) is 4.67. The summed E-state index contributed by atoms with van der Waals surface area (Å²) >= 11 is 0. The first-order valence-corrected chi connectivity index (χ1v) is 7.81. The van der Waals surface area contributed by atoms with Crippen molar-refractivity contribution in [2.24, 2.45) is 0 Å². The topological polar surface area (TPSA) is 71.8 Å². The van der Waals surface area contributed by atoms with Gasteiger partial charge in [0.05, 0.1) is 6.54 Å². The number of amides is 2. The lowest BCUT2D eigenvalue weighted by Crippen LogP contribution is -2.30. The lowest BCUT2D eigenvalue weighted by atomic mass is 10.2. The highest BCUT2D eigenvalue weighted by atomic mass is 16.2. The number of carbonyl (C=O) groups is 1. The molecule has 2 N–H and O–H groups in total. The predicted molar refractivity (Wildman–Crippen MR) is 92.7 cm³/mol. The van der Waals surface area contributed by atoms with Gasteiger partial charge >= 0.3 is 6.03 Å². The van der Waals surface area contributed by atoms with Gasteiger partial charge in [-0.05, 0) is 23.6 Å². The van der Waals surface area contributed by atoms with Gasteiger partial charge in [0.2, 0.25) is 0 Å². The summed E-state index contributed by atoms with van der Waals surface area (Å²) in [6, 6.07) is 15.4. The number of nitrogens with zero attached hydrogens (tertiary/aromatic N) is 3. The molecule has 6 nitrogen and oxygen atoms in total. The third-order valence-corrected chi connectivity index (χ3v) is 3.49. The Morgan fingerprint density at radius 3 is 2.67 bits per heavy atom. The van der Waals surface area contributed by atoms with Crippen LogP contribution in [-0.2, 0) is 13.0 Å². The molecule has 1 aromatic carbocycles. The first-order valence-electron chi connectivity index (χ1n) is 7.81. The van der Waals surface area contributed by atoms with Crippen LogP contribution in [0.4, 0.5) is 10.6 Å². The predicted octanol–water partition coefficient (Wildman–Crippen LogP) is 2.69. The molecule has 0 aliphatic rings. The van der Waals surface area contributed by atoms with Crippen molar-refractivity contribution in [3.05, 3.63) is 78.2 Å². The second-order valence-corrected chi connectivity index (χ2v) is 5.38. The number of aromatic nitrogens is 3. The summed E-state index contributed by atoms with van der Waals surface area (Å²) < 4.78 is 1.79. The van der Waals surface area contributed by atoms with E-state index in [1.807, 2.05) is 48.7 Å². The van der Waals surface area contributed by atoms with Crippen molar-refractivity contribution >= 4 is 11.8 Å². The van der Waals surface area contributed by atoms with Gasteiger partial charge in [0.15, 0.2) is 5.82 Å². The molecule has 3 rings (SSSR count). The van der Waals surface area contributed by atoms with E-state index in [0.717, 1.165) is 17.5 Å². The van der Waals surface area contributed by atoms with E-state index in [1.54, 1.807) is 23.1 Å². The van der Waals surface area contributed by atoms with Crippen molar-refractivity contribution in [2.45, 2.75) is 13.0 Å². The largest absolute Gasteiger partial charge is 0.337 e. The molecule has 0 fully saturated rings. The fourth-order valence-corrected chi connectivity index (χ4v) is 2.31. The van der Waals surface area contributed by atoms with Crippen molar-refractivity contribution in [3.63, 3.8) is 0 Å². The molecular weight excluding hydrogens is 302 g/mol. The molecule has 0 radical (unpaired) electrons. The van der Waals surface area contributed by atoms with Crippen LogP contribution in [0.25, 0.3) is 0 Å². The Kier molecular flexibility index (Phi) is 5.19. The molecule has 0 saturated heterocycles. The van der Waals surface area contributed by atoms with Gasteiger partial charge in [-0.3, -0.25) is 15.0 Å². The van der Waals surface area contributed by atoms with Gasteiger partial charge in [0.25, 0.3) is 0 Å². The lowest BCUT2D eigenvalue weighted by molar-refractivity contribution is 0.252. The van der Waals surface area contributed by atoms with Gasteiger partial charge in [-0.25, -0.2) is 4.79 Å². The smallest absolute Gasteiger partial charge is 0.320 e. The SMILES string of the molecule is O=C(NCCc1cccnc1)Nc1ccn(Cc2ccccc2)n1. The van der Waals surface area contributed by atoms with Crippen molar-refractivity contribution in [2.75, 3.05) is 11.9 Å². The molecule has 2 heterocycles. The summed E-state index contributed by atoms with van der Waals surface area (Å²) in [4.78, 5) is 15.9. The maximum Gasteiger partial charge on any atom is 0.320 e. The Labute approximate surface area is 140 Å². The normalized spacial score (nSPS) is 10.3. The van der Waals surface area contributed by atoms with Crippen LogP contribution in [0.15, 0.2) is 67.1 Å². The molecule has 122 valence electrons. The quantitative estimate of drug-likeness (QED) is 0.733. The number of hydrogen-bond acceptors (Lipinski definition) is 3. The second kappa shape index (κ2) is 7.92. The Balaban J connectivity index is 1.45. The molecule has 0 atom stereocenters. The van der Waals surface area contributed by atoms with E-state index in [1.165, 1.54) is 0 Å². The van der Waals surface area contributed by atoms with E-state index in [-0.39, 0.29) is 6.03 Å². The van der Waals surface area contributed by atoms with Crippen LogP contribution in [-0.4, -0.2) is 27.3 Å². The number of urea groups is 1. The summed E-state index contributed by atoms with van der Waals surface area (Å²) in [5.74, 6) is 0.532. The van der Waals surface area contributed by atoms with Crippen LogP contribution in [0.3, 0.4) is 0 Å². The minimum Gasteiger partial charge on any atom is -0.337 e. The Hall–Kier alpha value is -3.15. The standard InChI is InChI=1S/C18H19N5O/c24-18(20-11-8-15-7-4-10-19-13-15)21-17-9-12-23(22-17)14-16-5-2-1-3-6-16/h1-7,9-10,12-13H,8,11,14H2,(H2,20,21,22,24). The average Bonchev–Trinajstić information content (AvgIpc) is 3.03. The van der Waals surface area contributed by atoms with Crippen molar-refractivity contribution in [1.29, 1.82) is 0 Å². The number of hydrogen-bond donors (Lipinski definition) is 2. The van der Waals surface area contributed by atoms with E-state index >= 15 is 0 Å². The first-order chi connectivity index (χ1) is 11.8. The highest BCUT2D eigenvalue weighted by molar-refractivity contribution is 5.88. The molecule has 0 bridgehead atoms. The molecule has 24 heavy (non-hydrogen) atoms. The van der Waals surface area contributed by atoms with Gasteiger partial charge in [0.1, 0.15) is 0 Å². The van der Waals surface area contributed by atoms with Gasteiger partial charge < -0.3 is 5.32 Å². The molecule has 2 amide bonds. The summed E-state index contributed by atoms with van der Waals surface area (Å²) in [6.07, 6.45) is 6.11. The lowest BCUT2D eigenvalue weighted by Gasteiger charge is -2.05. The second-order valence-electron chi connectivity index (χ2n) is 5.38. The Morgan fingerprint density at radius 2 is 1.88 bits per heavy atom. The third-order valence-electron chi connectivity index (χ3n) is 3.49. The highest BCUT2D eigenvalue weighted by Crippen LogP contribution is 2.06. The van der Waals surface area contributed by atoms with Gasteiger partial charge in [-0.2, -0.15) is 5.10 Å². The van der Waals surface area contributed by atoms with Crippen molar-refractivity contribution < 1.29 is 4.79 Å². The molecule has 0 spiro atoms. The minimum atomic E-state index is -0.260. The maximum atomic E-state index is 11.9. The Morgan fingerprint density at radius 1 is 1.04 bits per heavy atom. The molecule has 0 unspecified atom stereocenters. The average molecular weight is 321 g/mol. The first kappa shape index (κ1) is 15.7. The molecular formula is C18H19N5O.